The molecule has 2 rings (SSSR count). The smallest absolute Gasteiger partial charge is 0.170 e. The number of nitrogens with one attached hydrogen (secondary N) is 2. The Morgan fingerprint density at radius 3 is 2.48 bits per heavy atom. The van der Waals surface area contributed by atoms with Crippen LogP contribution in [0, 0.1) is 13.8 Å². The van der Waals surface area contributed by atoms with Crippen LogP contribution in [0.3, 0.4) is 0 Å². The third-order valence-electron chi connectivity index (χ3n) is 3.79. The van der Waals surface area contributed by atoms with Crippen molar-refractivity contribution in [3.05, 3.63) is 65.2 Å². The van der Waals surface area contributed by atoms with E-state index in [1.54, 1.807) is 0 Å². The lowest BCUT2D eigenvalue weighted by Gasteiger charge is -2.17. The molecule has 0 aromatic heterocycles. The molecule has 2 aromatic rings. The normalized spacial score (nSPS) is 11.8. The van der Waals surface area contributed by atoms with E-state index in [4.69, 9.17) is 12.2 Å². The van der Waals surface area contributed by atoms with Crippen molar-refractivity contribution in [3.8, 4) is 0 Å². The highest BCUT2D eigenvalue weighted by atomic mass is 32.1. The zero-order chi connectivity index (χ0) is 15.2. The number of anilines is 1. The fraction of sp³-hybridized carbons (Fsp3) is 0.278. The van der Waals surface area contributed by atoms with Gasteiger partial charge in [-0.15, -0.1) is 0 Å². The second kappa shape index (κ2) is 7.23. The maximum atomic E-state index is 5.39. The van der Waals surface area contributed by atoms with Gasteiger partial charge in [-0.2, -0.15) is 0 Å². The number of benzene rings is 2. The monoisotopic (exact) mass is 298 g/mol. The van der Waals surface area contributed by atoms with Crippen molar-refractivity contribution in [3.63, 3.8) is 0 Å². The largest absolute Gasteiger partial charge is 0.362 e. The van der Waals surface area contributed by atoms with Crippen molar-refractivity contribution < 1.29 is 0 Å². The Kier molecular flexibility index (Phi) is 5.34. The molecule has 0 aliphatic heterocycles. The summed E-state index contributed by atoms with van der Waals surface area (Å²) in [6.45, 7) is 7.23. The summed E-state index contributed by atoms with van der Waals surface area (Å²) < 4.78 is 0. The summed E-state index contributed by atoms with van der Waals surface area (Å²) in [7, 11) is 0. The van der Waals surface area contributed by atoms with Crippen molar-refractivity contribution in [1.29, 1.82) is 0 Å². The van der Waals surface area contributed by atoms with Crippen LogP contribution in [0.15, 0.2) is 48.5 Å². The van der Waals surface area contributed by atoms with Crippen molar-refractivity contribution in [2.24, 2.45) is 0 Å². The molecule has 0 saturated carbocycles. The highest BCUT2D eigenvalue weighted by Gasteiger charge is 2.07. The summed E-state index contributed by atoms with van der Waals surface area (Å²) >= 11 is 5.39. The van der Waals surface area contributed by atoms with Gasteiger partial charge < -0.3 is 10.6 Å². The zero-order valence-corrected chi connectivity index (χ0v) is 13.6. The van der Waals surface area contributed by atoms with Gasteiger partial charge in [0.25, 0.3) is 0 Å². The Labute approximate surface area is 132 Å². The molecule has 0 amide bonds. The van der Waals surface area contributed by atoms with E-state index in [1.165, 1.54) is 16.7 Å². The van der Waals surface area contributed by atoms with Crippen LogP contribution in [0.2, 0.25) is 0 Å². The van der Waals surface area contributed by atoms with E-state index in [0.717, 1.165) is 12.2 Å². The number of thiocarbonyl (C=S) groups is 1. The van der Waals surface area contributed by atoms with E-state index >= 15 is 0 Å². The molecular weight excluding hydrogens is 276 g/mol. The topological polar surface area (TPSA) is 24.1 Å². The Hall–Kier alpha value is -1.87. The number of rotatable bonds is 4. The zero-order valence-electron chi connectivity index (χ0n) is 12.8. The molecule has 0 spiro atoms. The summed E-state index contributed by atoms with van der Waals surface area (Å²) in [4.78, 5) is 0. The third kappa shape index (κ3) is 4.30. The molecule has 3 heteroatoms. The van der Waals surface area contributed by atoms with Gasteiger partial charge in [-0.25, -0.2) is 0 Å². The average molecular weight is 298 g/mol. The van der Waals surface area contributed by atoms with Crippen molar-refractivity contribution >= 4 is 23.0 Å². The molecule has 2 aromatic carbocycles. The Bertz CT molecular complexity index is 608. The molecule has 0 unspecified atom stereocenters. The van der Waals surface area contributed by atoms with Gasteiger partial charge >= 0.3 is 0 Å². The SMILES string of the molecule is Cc1cccc(NC(=S)NC[C@H](C)c2ccccc2)c1C. The van der Waals surface area contributed by atoms with Gasteiger partial charge in [0.05, 0.1) is 0 Å². The number of hydrogen-bond donors (Lipinski definition) is 2. The lowest BCUT2D eigenvalue weighted by atomic mass is 10.0. The fourth-order valence-electron chi connectivity index (χ4n) is 2.20. The molecule has 1 atom stereocenters. The lowest BCUT2D eigenvalue weighted by Crippen LogP contribution is -2.31. The first kappa shape index (κ1) is 15.5. The highest BCUT2D eigenvalue weighted by Crippen LogP contribution is 2.18. The lowest BCUT2D eigenvalue weighted by molar-refractivity contribution is 0.723. The van der Waals surface area contributed by atoms with Crippen LogP contribution in [-0.2, 0) is 0 Å². The summed E-state index contributed by atoms with van der Waals surface area (Å²) in [5.74, 6) is 0.421. The highest BCUT2D eigenvalue weighted by molar-refractivity contribution is 7.80. The maximum absolute atomic E-state index is 5.39. The molecule has 0 bridgehead atoms. The van der Waals surface area contributed by atoms with E-state index in [9.17, 15) is 0 Å². The quantitative estimate of drug-likeness (QED) is 0.818. The van der Waals surface area contributed by atoms with Crippen molar-refractivity contribution in [2.45, 2.75) is 26.7 Å². The van der Waals surface area contributed by atoms with E-state index in [1.807, 2.05) is 12.1 Å². The molecule has 110 valence electrons. The minimum Gasteiger partial charge on any atom is -0.362 e. The van der Waals surface area contributed by atoms with Gasteiger partial charge in [-0.1, -0.05) is 49.4 Å². The van der Waals surface area contributed by atoms with Crippen LogP contribution >= 0.6 is 12.2 Å². The van der Waals surface area contributed by atoms with Crippen LogP contribution in [-0.4, -0.2) is 11.7 Å². The van der Waals surface area contributed by atoms with Gasteiger partial charge in [0.15, 0.2) is 5.11 Å². The van der Waals surface area contributed by atoms with E-state index < -0.39 is 0 Å². The molecular formula is C18H22N2S. The van der Waals surface area contributed by atoms with Crippen molar-refractivity contribution in [1.82, 2.24) is 5.32 Å². The molecule has 0 aliphatic rings. The van der Waals surface area contributed by atoms with Crippen LogP contribution in [0.4, 0.5) is 5.69 Å². The Morgan fingerprint density at radius 1 is 1.05 bits per heavy atom. The van der Waals surface area contributed by atoms with Crippen LogP contribution < -0.4 is 10.6 Å². The minimum absolute atomic E-state index is 0.421. The van der Waals surface area contributed by atoms with Gasteiger partial charge in [0, 0.05) is 12.2 Å². The predicted octanol–water partition coefficient (Wildman–Crippen LogP) is 4.39. The Balaban J connectivity index is 1.89. The summed E-state index contributed by atoms with van der Waals surface area (Å²) in [6.07, 6.45) is 0. The molecule has 0 heterocycles. The molecule has 21 heavy (non-hydrogen) atoms. The second-order valence-electron chi connectivity index (χ2n) is 5.39. The maximum Gasteiger partial charge on any atom is 0.170 e. The molecule has 0 aliphatic carbocycles. The van der Waals surface area contributed by atoms with E-state index in [0.29, 0.717) is 11.0 Å². The third-order valence-corrected chi connectivity index (χ3v) is 4.04. The summed E-state index contributed by atoms with van der Waals surface area (Å²) in [6, 6.07) is 16.7. The first-order chi connectivity index (χ1) is 10.1. The van der Waals surface area contributed by atoms with Crippen LogP contribution in [0.1, 0.15) is 29.5 Å². The van der Waals surface area contributed by atoms with Crippen LogP contribution in [0.25, 0.3) is 0 Å². The first-order valence-corrected chi connectivity index (χ1v) is 7.64. The molecule has 0 fully saturated rings. The molecule has 2 nitrogen and oxygen atoms in total. The van der Waals surface area contributed by atoms with Gasteiger partial charge in [0.1, 0.15) is 0 Å². The predicted molar refractivity (Wildman–Crippen MR) is 95.0 cm³/mol. The molecule has 2 N–H and O–H groups in total. The second-order valence-corrected chi connectivity index (χ2v) is 5.80. The standard InChI is InChI=1S/C18H22N2S/c1-13-8-7-11-17(15(13)3)20-18(21)19-12-14(2)16-9-5-4-6-10-16/h4-11,14H,12H2,1-3H3,(H2,19,20,21)/t14-/m0/s1. The fourth-order valence-corrected chi connectivity index (χ4v) is 2.39. The summed E-state index contributed by atoms with van der Waals surface area (Å²) in [5, 5.41) is 7.25. The van der Waals surface area contributed by atoms with E-state index in [-0.39, 0.29) is 0 Å². The van der Waals surface area contributed by atoms with E-state index in [2.05, 4.69) is 67.8 Å². The number of hydrogen-bond acceptors (Lipinski definition) is 1. The average Bonchev–Trinajstić information content (AvgIpc) is 2.50. The Morgan fingerprint density at radius 2 is 1.76 bits per heavy atom. The van der Waals surface area contributed by atoms with Crippen molar-refractivity contribution in [2.75, 3.05) is 11.9 Å². The minimum atomic E-state index is 0.421. The van der Waals surface area contributed by atoms with Gasteiger partial charge in [-0.3, -0.25) is 0 Å². The summed E-state index contributed by atoms with van der Waals surface area (Å²) in [5.41, 5.74) is 4.89. The van der Waals surface area contributed by atoms with Gasteiger partial charge in [-0.05, 0) is 54.7 Å². The number of aryl methyl sites for hydroxylation is 1. The van der Waals surface area contributed by atoms with Crippen LogP contribution in [0.5, 0.6) is 0 Å². The molecule has 0 saturated heterocycles. The van der Waals surface area contributed by atoms with Gasteiger partial charge in [0.2, 0.25) is 0 Å². The molecule has 0 radical (unpaired) electrons. The first-order valence-electron chi connectivity index (χ1n) is 7.24.